The Morgan fingerprint density at radius 1 is 1.35 bits per heavy atom. The van der Waals surface area contributed by atoms with Gasteiger partial charge in [0.2, 0.25) is 0 Å². The van der Waals surface area contributed by atoms with Gasteiger partial charge < -0.3 is 14.8 Å². The normalized spacial score (nSPS) is 11.0. The van der Waals surface area contributed by atoms with E-state index in [1.165, 1.54) is 5.56 Å². The Bertz CT molecular complexity index is 625. The molecule has 126 valence electrons. The summed E-state index contributed by atoms with van der Waals surface area (Å²) in [6, 6.07) is 7.81. The quantitative estimate of drug-likeness (QED) is 0.434. The first kappa shape index (κ1) is 19.7. The van der Waals surface area contributed by atoms with Gasteiger partial charge in [0.05, 0.1) is 6.54 Å². The third-order valence-corrected chi connectivity index (χ3v) is 3.60. The Kier molecular flexibility index (Phi) is 8.32. The molecule has 0 spiro atoms. The molecule has 0 unspecified atom stereocenters. The van der Waals surface area contributed by atoms with Crippen molar-refractivity contribution in [2.45, 2.75) is 26.6 Å². The summed E-state index contributed by atoms with van der Waals surface area (Å²) >= 11 is 5.91. The molecule has 0 saturated heterocycles. The molecule has 8 heteroatoms. The standard InChI is InChI=1S/C15H21ClN6.HI/c1-4-22-11-19-20-14(22)9-18-15(17-2)21(3)10-12-5-7-13(16)8-6-12;/h5-8,11H,4,9-10H2,1-3H3,(H,17,18);1H. The summed E-state index contributed by atoms with van der Waals surface area (Å²) < 4.78 is 2.00. The van der Waals surface area contributed by atoms with Crippen molar-refractivity contribution in [1.29, 1.82) is 0 Å². The van der Waals surface area contributed by atoms with Gasteiger partial charge in [-0.3, -0.25) is 4.99 Å². The molecule has 2 rings (SSSR count). The number of rotatable bonds is 5. The van der Waals surface area contributed by atoms with E-state index in [1.54, 1.807) is 13.4 Å². The minimum atomic E-state index is 0. The molecule has 0 fully saturated rings. The molecule has 1 aromatic carbocycles. The number of hydrogen-bond acceptors (Lipinski definition) is 3. The van der Waals surface area contributed by atoms with Crippen LogP contribution in [0, 0.1) is 0 Å². The molecule has 0 amide bonds. The molecule has 0 radical (unpaired) electrons. The monoisotopic (exact) mass is 448 g/mol. The van der Waals surface area contributed by atoms with E-state index >= 15 is 0 Å². The Hall–Kier alpha value is -1.35. The first-order chi connectivity index (χ1) is 10.6. The molecule has 1 N–H and O–H groups in total. The van der Waals surface area contributed by atoms with E-state index in [0.29, 0.717) is 6.54 Å². The molecule has 1 heterocycles. The number of aliphatic imine (C=N–C) groups is 1. The molecule has 0 bridgehead atoms. The Morgan fingerprint density at radius 2 is 2.04 bits per heavy atom. The minimum Gasteiger partial charge on any atom is -0.349 e. The zero-order valence-corrected chi connectivity index (χ0v) is 16.6. The minimum absolute atomic E-state index is 0. The number of nitrogens with one attached hydrogen (secondary N) is 1. The summed E-state index contributed by atoms with van der Waals surface area (Å²) in [5, 5.41) is 12.1. The highest BCUT2D eigenvalue weighted by molar-refractivity contribution is 14.0. The fourth-order valence-corrected chi connectivity index (χ4v) is 2.29. The highest BCUT2D eigenvalue weighted by Gasteiger charge is 2.09. The Morgan fingerprint density at radius 3 is 2.65 bits per heavy atom. The van der Waals surface area contributed by atoms with Crippen LogP contribution in [0.5, 0.6) is 0 Å². The second-order valence-electron chi connectivity index (χ2n) is 4.92. The van der Waals surface area contributed by atoms with Crippen molar-refractivity contribution in [1.82, 2.24) is 25.0 Å². The molecular formula is C15H22ClIN6. The van der Waals surface area contributed by atoms with Crippen LogP contribution in [-0.4, -0.2) is 39.7 Å². The van der Waals surface area contributed by atoms with E-state index in [9.17, 15) is 0 Å². The van der Waals surface area contributed by atoms with Gasteiger partial charge in [0.25, 0.3) is 0 Å². The lowest BCUT2D eigenvalue weighted by molar-refractivity contribution is 0.474. The van der Waals surface area contributed by atoms with Gasteiger partial charge in [-0.05, 0) is 24.6 Å². The van der Waals surface area contributed by atoms with E-state index in [4.69, 9.17) is 11.6 Å². The highest BCUT2D eigenvalue weighted by atomic mass is 127. The summed E-state index contributed by atoms with van der Waals surface area (Å²) in [5.74, 6) is 1.70. The average molecular weight is 449 g/mol. The molecule has 2 aromatic rings. The maximum atomic E-state index is 5.91. The molecule has 0 saturated carbocycles. The van der Waals surface area contributed by atoms with Crippen LogP contribution < -0.4 is 5.32 Å². The van der Waals surface area contributed by atoms with Gasteiger partial charge in [-0.2, -0.15) is 0 Å². The van der Waals surface area contributed by atoms with Gasteiger partial charge in [-0.15, -0.1) is 34.2 Å². The first-order valence-electron chi connectivity index (χ1n) is 7.17. The van der Waals surface area contributed by atoms with Crippen LogP contribution in [0.15, 0.2) is 35.6 Å². The van der Waals surface area contributed by atoms with E-state index in [2.05, 4.69) is 32.3 Å². The lowest BCUT2D eigenvalue weighted by Gasteiger charge is -2.22. The number of nitrogens with zero attached hydrogens (tertiary/aromatic N) is 5. The van der Waals surface area contributed by atoms with Crippen molar-refractivity contribution in [3.8, 4) is 0 Å². The van der Waals surface area contributed by atoms with Crippen LogP contribution >= 0.6 is 35.6 Å². The second kappa shape index (κ2) is 9.71. The fourth-order valence-electron chi connectivity index (χ4n) is 2.16. The van der Waals surface area contributed by atoms with Gasteiger partial charge in [0.1, 0.15) is 6.33 Å². The average Bonchev–Trinajstić information content (AvgIpc) is 2.98. The number of halogens is 2. The summed E-state index contributed by atoms with van der Waals surface area (Å²) in [7, 11) is 3.76. The first-order valence-corrected chi connectivity index (χ1v) is 7.54. The number of hydrogen-bond donors (Lipinski definition) is 1. The van der Waals surface area contributed by atoms with Crippen molar-refractivity contribution < 1.29 is 0 Å². The Balaban J connectivity index is 0.00000264. The highest BCUT2D eigenvalue weighted by Crippen LogP contribution is 2.11. The van der Waals surface area contributed by atoms with Crippen molar-refractivity contribution in [2.24, 2.45) is 4.99 Å². The molecule has 1 aromatic heterocycles. The maximum Gasteiger partial charge on any atom is 0.194 e. The Labute approximate surface area is 159 Å². The number of aryl methyl sites for hydroxylation is 1. The van der Waals surface area contributed by atoms with E-state index in [1.807, 2.05) is 35.9 Å². The van der Waals surface area contributed by atoms with Gasteiger partial charge in [0, 0.05) is 32.2 Å². The lowest BCUT2D eigenvalue weighted by atomic mass is 10.2. The summed E-state index contributed by atoms with van der Waals surface area (Å²) in [6.45, 7) is 4.25. The van der Waals surface area contributed by atoms with Crippen LogP contribution in [0.1, 0.15) is 18.3 Å². The molecule has 0 atom stereocenters. The zero-order chi connectivity index (χ0) is 15.9. The number of aromatic nitrogens is 3. The van der Waals surface area contributed by atoms with E-state index in [0.717, 1.165) is 29.9 Å². The largest absolute Gasteiger partial charge is 0.349 e. The van der Waals surface area contributed by atoms with Crippen LogP contribution in [0.4, 0.5) is 0 Å². The van der Waals surface area contributed by atoms with Gasteiger partial charge in [0.15, 0.2) is 11.8 Å². The molecule has 0 aliphatic rings. The van der Waals surface area contributed by atoms with Crippen molar-refractivity contribution >= 4 is 41.5 Å². The van der Waals surface area contributed by atoms with Crippen LogP contribution in [0.2, 0.25) is 5.02 Å². The molecule has 6 nitrogen and oxygen atoms in total. The summed E-state index contributed by atoms with van der Waals surface area (Å²) in [4.78, 5) is 6.36. The van der Waals surface area contributed by atoms with Crippen molar-refractivity contribution in [3.63, 3.8) is 0 Å². The molecular weight excluding hydrogens is 427 g/mol. The number of guanidine groups is 1. The SMILES string of the molecule is CCn1cnnc1CNC(=NC)N(C)Cc1ccc(Cl)cc1.I. The van der Waals surface area contributed by atoms with Crippen LogP contribution in [-0.2, 0) is 19.6 Å². The fraction of sp³-hybridized carbons (Fsp3) is 0.400. The van der Waals surface area contributed by atoms with E-state index < -0.39 is 0 Å². The van der Waals surface area contributed by atoms with Crippen molar-refractivity contribution in [3.05, 3.63) is 47.0 Å². The lowest BCUT2D eigenvalue weighted by Crippen LogP contribution is -2.38. The molecule has 23 heavy (non-hydrogen) atoms. The maximum absolute atomic E-state index is 5.91. The smallest absolute Gasteiger partial charge is 0.194 e. The third-order valence-electron chi connectivity index (χ3n) is 3.35. The zero-order valence-electron chi connectivity index (χ0n) is 13.5. The third kappa shape index (κ3) is 5.65. The summed E-state index contributed by atoms with van der Waals surface area (Å²) in [5.41, 5.74) is 1.17. The van der Waals surface area contributed by atoms with E-state index in [-0.39, 0.29) is 24.0 Å². The predicted octanol–water partition coefficient (Wildman–Crippen LogP) is 2.78. The van der Waals surface area contributed by atoms with Gasteiger partial charge in [-0.1, -0.05) is 23.7 Å². The van der Waals surface area contributed by atoms with Crippen molar-refractivity contribution in [2.75, 3.05) is 14.1 Å². The predicted molar refractivity (Wildman–Crippen MR) is 104 cm³/mol. The van der Waals surface area contributed by atoms with Gasteiger partial charge in [-0.25, -0.2) is 0 Å². The molecule has 0 aliphatic heterocycles. The number of benzene rings is 1. The van der Waals surface area contributed by atoms with Crippen LogP contribution in [0.25, 0.3) is 0 Å². The van der Waals surface area contributed by atoms with Gasteiger partial charge >= 0.3 is 0 Å². The summed E-state index contributed by atoms with van der Waals surface area (Å²) in [6.07, 6.45) is 1.73. The molecule has 0 aliphatic carbocycles. The second-order valence-corrected chi connectivity index (χ2v) is 5.35. The van der Waals surface area contributed by atoms with Crippen LogP contribution in [0.3, 0.4) is 0 Å². The topological polar surface area (TPSA) is 58.3 Å².